The molecule has 0 aliphatic carbocycles. The second-order valence-corrected chi connectivity index (χ2v) is 6.22. The molecule has 0 spiro atoms. The van der Waals surface area contributed by atoms with Crippen LogP contribution in [-0.2, 0) is 4.74 Å². The third kappa shape index (κ3) is 4.62. The Kier molecular flexibility index (Phi) is 7.34. The summed E-state index contributed by atoms with van der Waals surface area (Å²) in [5.41, 5.74) is 0.654. The monoisotopic (exact) mass is 354 g/mol. The van der Waals surface area contributed by atoms with Crippen LogP contribution in [-0.4, -0.2) is 55.8 Å². The van der Waals surface area contributed by atoms with Gasteiger partial charge in [-0.15, -0.1) is 12.4 Å². The van der Waals surface area contributed by atoms with Crippen LogP contribution in [0.4, 0.5) is 0 Å². The molecular formula is C18H27ClN2O3. The van der Waals surface area contributed by atoms with Gasteiger partial charge < -0.3 is 19.7 Å². The van der Waals surface area contributed by atoms with Gasteiger partial charge in [0.05, 0.1) is 12.2 Å². The van der Waals surface area contributed by atoms with E-state index in [9.17, 15) is 4.79 Å². The van der Waals surface area contributed by atoms with Crippen LogP contribution < -0.4 is 10.1 Å². The number of likely N-dealkylation sites (tertiary alicyclic amines) is 1. The van der Waals surface area contributed by atoms with E-state index >= 15 is 0 Å². The first-order chi connectivity index (χ1) is 11.3. The number of ether oxygens (including phenoxy) is 2. The second kappa shape index (κ2) is 9.25. The number of benzene rings is 1. The van der Waals surface area contributed by atoms with E-state index in [1.165, 1.54) is 12.8 Å². The highest BCUT2D eigenvalue weighted by Gasteiger charge is 2.32. The first-order valence-electron chi connectivity index (χ1n) is 8.63. The van der Waals surface area contributed by atoms with Crippen molar-refractivity contribution in [3.8, 4) is 5.75 Å². The molecule has 0 aromatic heterocycles. The predicted octanol–water partition coefficient (Wildman–Crippen LogP) is 2.49. The molecule has 1 aromatic carbocycles. The minimum atomic E-state index is 0. The van der Waals surface area contributed by atoms with Crippen molar-refractivity contribution in [3.05, 3.63) is 29.8 Å². The Morgan fingerprint density at radius 2 is 2.00 bits per heavy atom. The number of hydrogen-bond acceptors (Lipinski definition) is 4. The normalized spacial score (nSPS) is 22.6. The standard InChI is InChI=1S/C18H26N2O3.ClH/c1-2-22-11-12-23-17-6-4-3-5-16(17)18(21)20-10-9-14-7-8-15(13-20)19-14;/h3-6,14-15,19H,2,7-13H2,1H3;1H. The van der Waals surface area contributed by atoms with E-state index in [4.69, 9.17) is 9.47 Å². The number of nitrogens with one attached hydrogen (secondary N) is 1. The van der Waals surface area contributed by atoms with Crippen molar-refractivity contribution >= 4 is 18.3 Å². The molecule has 24 heavy (non-hydrogen) atoms. The van der Waals surface area contributed by atoms with Gasteiger partial charge in [0, 0.05) is 31.8 Å². The van der Waals surface area contributed by atoms with E-state index in [0.717, 1.165) is 19.5 Å². The van der Waals surface area contributed by atoms with Crippen molar-refractivity contribution in [2.75, 3.05) is 32.9 Å². The lowest BCUT2D eigenvalue weighted by atomic mass is 10.1. The Hall–Kier alpha value is -1.30. The van der Waals surface area contributed by atoms with Crippen LogP contribution in [0.5, 0.6) is 5.75 Å². The highest BCUT2D eigenvalue weighted by Crippen LogP contribution is 2.24. The SMILES string of the molecule is CCOCCOc1ccccc1C(=O)N1CCC2CCC(C1)N2.Cl. The van der Waals surface area contributed by atoms with Crippen LogP contribution in [0.1, 0.15) is 36.5 Å². The summed E-state index contributed by atoms with van der Waals surface area (Å²) in [7, 11) is 0. The average Bonchev–Trinajstić information content (AvgIpc) is 2.90. The second-order valence-electron chi connectivity index (χ2n) is 6.22. The third-order valence-corrected chi connectivity index (χ3v) is 4.62. The zero-order valence-electron chi connectivity index (χ0n) is 14.2. The van der Waals surface area contributed by atoms with E-state index in [2.05, 4.69) is 5.32 Å². The molecule has 1 aromatic rings. The molecule has 2 saturated heterocycles. The molecule has 3 rings (SSSR count). The quantitative estimate of drug-likeness (QED) is 0.797. The zero-order valence-corrected chi connectivity index (χ0v) is 15.0. The van der Waals surface area contributed by atoms with Crippen LogP contribution in [0.2, 0.25) is 0 Å². The third-order valence-electron chi connectivity index (χ3n) is 4.62. The molecule has 2 unspecified atom stereocenters. The summed E-state index contributed by atoms with van der Waals surface area (Å²) < 4.78 is 11.0. The summed E-state index contributed by atoms with van der Waals surface area (Å²) in [6.07, 6.45) is 3.44. The van der Waals surface area contributed by atoms with Crippen LogP contribution >= 0.6 is 12.4 Å². The minimum absolute atomic E-state index is 0. The van der Waals surface area contributed by atoms with Gasteiger partial charge in [-0.25, -0.2) is 0 Å². The fourth-order valence-corrected chi connectivity index (χ4v) is 3.42. The van der Waals surface area contributed by atoms with Gasteiger partial charge in [0.2, 0.25) is 0 Å². The van der Waals surface area contributed by atoms with Crippen LogP contribution in [0, 0.1) is 0 Å². The van der Waals surface area contributed by atoms with Crippen molar-refractivity contribution in [2.45, 2.75) is 38.3 Å². The molecule has 2 bridgehead atoms. The first-order valence-corrected chi connectivity index (χ1v) is 8.63. The molecule has 0 saturated carbocycles. The Labute approximate surface area is 150 Å². The fraction of sp³-hybridized carbons (Fsp3) is 0.611. The lowest BCUT2D eigenvalue weighted by Gasteiger charge is -2.25. The molecular weight excluding hydrogens is 328 g/mol. The Morgan fingerprint density at radius 1 is 1.21 bits per heavy atom. The molecule has 2 aliphatic heterocycles. The fourth-order valence-electron chi connectivity index (χ4n) is 3.42. The molecule has 2 aliphatic rings. The summed E-state index contributed by atoms with van der Waals surface area (Å²) in [5, 5.41) is 3.61. The summed E-state index contributed by atoms with van der Waals surface area (Å²) in [5.74, 6) is 0.728. The number of carbonyl (C=O) groups is 1. The lowest BCUT2D eigenvalue weighted by Crippen LogP contribution is -2.39. The Balaban J connectivity index is 0.00000208. The number of halogens is 1. The van der Waals surface area contributed by atoms with E-state index in [1.807, 2.05) is 36.1 Å². The number of nitrogens with zero attached hydrogens (tertiary/aromatic N) is 1. The van der Waals surface area contributed by atoms with Crippen molar-refractivity contribution in [1.82, 2.24) is 10.2 Å². The maximum absolute atomic E-state index is 12.9. The zero-order chi connectivity index (χ0) is 16.1. The van der Waals surface area contributed by atoms with Crippen molar-refractivity contribution in [1.29, 1.82) is 0 Å². The molecule has 1 N–H and O–H groups in total. The number of carbonyl (C=O) groups excluding carboxylic acids is 1. The summed E-state index contributed by atoms with van der Waals surface area (Å²) in [6.45, 7) is 5.25. The van der Waals surface area contributed by atoms with Crippen LogP contribution in [0.25, 0.3) is 0 Å². The van der Waals surface area contributed by atoms with E-state index in [-0.39, 0.29) is 18.3 Å². The number of rotatable bonds is 6. The van der Waals surface area contributed by atoms with Gasteiger partial charge in [-0.1, -0.05) is 12.1 Å². The highest BCUT2D eigenvalue weighted by molar-refractivity contribution is 5.97. The molecule has 2 heterocycles. The average molecular weight is 355 g/mol. The van der Waals surface area contributed by atoms with E-state index < -0.39 is 0 Å². The summed E-state index contributed by atoms with van der Waals surface area (Å²) >= 11 is 0. The largest absolute Gasteiger partial charge is 0.490 e. The predicted molar refractivity (Wildman–Crippen MR) is 96.1 cm³/mol. The Morgan fingerprint density at radius 3 is 2.83 bits per heavy atom. The molecule has 2 atom stereocenters. The van der Waals surface area contributed by atoms with Crippen LogP contribution in [0.3, 0.4) is 0 Å². The van der Waals surface area contributed by atoms with E-state index in [0.29, 0.717) is 43.2 Å². The van der Waals surface area contributed by atoms with Gasteiger partial charge in [0.25, 0.3) is 5.91 Å². The minimum Gasteiger partial charge on any atom is -0.490 e. The topological polar surface area (TPSA) is 50.8 Å². The molecule has 5 nitrogen and oxygen atoms in total. The van der Waals surface area contributed by atoms with Crippen molar-refractivity contribution < 1.29 is 14.3 Å². The van der Waals surface area contributed by atoms with Crippen molar-refractivity contribution in [2.24, 2.45) is 0 Å². The number of hydrogen-bond donors (Lipinski definition) is 1. The molecule has 2 fully saturated rings. The number of para-hydroxylation sites is 1. The molecule has 1 amide bonds. The van der Waals surface area contributed by atoms with Gasteiger partial charge in [-0.2, -0.15) is 0 Å². The number of fused-ring (bicyclic) bond motifs is 2. The molecule has 0 radical (unpaired) electrons. The van der Waals surface area contributed by atoms with Gasteiger partial charge in [0.15, 0.2) is 0 Å². The number of amides is 1. The highest BCUT2D eigenvalue weighted by atomic mass is 35.5. The van der Waals surface area contributed by atoms with Crippen molar-refractivity contribution in [3.63, 3.8) is 0 Å². The maximum atomic E-state index is 12.9. The van der Waals surface area contributed by atoms with Gasteiger partial charge in [0.1, 0.15) is 12.4 Å². The maximum Gasteiger partial charge on any atom is 0.257 e. The lowest BCUT2D eigenvalue weighted by molar-refractivity contribution is 0.0738. The Bertz CT molecular complexity index is 541. The van der Waals surface area contributed by atoms with Gasteiger partial charge in [-0.05, 0) is 38.3 Å². The van der Waals surface area contributed by atoms with E-state index in [1.54, 1.807) is 0 Å². The summed E-state index contributed by atoms with van der Waals surface area (Å²) in [6, 6.07) is 8.54. The van der Waals surface area contributed by atoms with Gasteiger partial charge >= 0.3 is 0 Å². The smallest absolute Gasteiger partial charge is 0.257 e. The molecule has 134 valence electrons. The van der Waals surface area contributed by atoms with Gasteiger partial charge in [-0.3, -0.25) is 4.79 Å². The summed E-state index contributed by atoms with van der Waals surface area (Å²) in [4.78, 5) is 14.9. The molecule has 6 heteroatoms. The first kappa shape index (κ1) is 19.0. The van der Waals surface area contributed by atoms with Crippen LogP contribution in [0.15, 0.2) is 24.3 Å².